The van der Waals surface area contributed by atoms with Gasteiger partial charge >= 0.3 is 24.2 Å². The highest BCUT2D eigenvalue weighted by Gasteiger charge is 2.37. The summed E-state index contributed by atoms with van der Waals surface area (Å²) in [7, 11) is 0. The molecule has 3 amide bonds. The number of ether oxygens (including phenoxy) is 4. The molecule has 39 heavy (non-hydrogen) atoms. The number of aliphatic imine (C=N–C) groups is 1. The Kier molecular flexibility index (Phi) is 12.7. The van der Waals surface area contributed by atoms with Gasteiger partial charge in [0.25, 0.3) is 0 Å². The monoisotopic (exact) mass is 562 g/mol. The molecule has 0 bridgehead atoms. The Hall–Kier alpha value is -3.13. The Morgan fingerprint density at radius 3 is 1.36 bits per heavy atom. The van der Waals surface area contributed by atoms with E-state index in [0.29, 0.717) is 0 Å². The van der Waals surface area contributed by atoms with Crippen LogP contribution < -0.4 is 16.0 Å². The van der Waals surface area contributed by atoms with Crippen molar-refractivity contribution in [1.82, 2.24) is 16.0 Å². The molecule has 0 aromatic rings. The first kappa shape index (κ1) is 35.9. The number of aliphatic hydroxyl groups excluding tert-OH is 2. The van der Waals surface area contributed by atoms with Crippen LogP contribution in [0.2, 0.25) is 0 Å². The number of hydrogen-bond donors (Lipinski definition) is 5. The predicted octanol–water partition coefficient (Wildman–Crippen LogP) is 2.35. The topological polar surface area (TPSA) is 194 Å². The molecule has 226 valence electrons. The fourth-order valence-electron chi connectivity index (χ4n) is 2.51. The maximum absolute atomic E-state index is 12.8. The largest absolute Gasteiger partial charge is 0.458 e. The summed E-state index contributed by atoms with van der Waals surface area (Å²) in [6.45, 7) is 18.7. The summed E-state index contributed by atoms with van der Waals surface area (Å²) in [6.07, 6.45) is -6.68. The van der Waals surface area contributed by atoms with Gasteiger partial charge in [0.2, 0.25) is 5.96 Å². The first-order valence-corrected chi connectivity index (χ1v) is 12.4. The van der Waals surface area contributed by atoms with E-state index in [-0.39, 0.29) is 0 Å². The van der Waals surface area contributed by atoms with Gasteiger partial charge in [-0.25, -0.2) is 24.2 Å². The number of amides is 3. The van der Waals surface area contributed by atoms with Crippen molar-refractivity contribution >= 4 is 30.2 Å². The van der Waals surface area contributed by atoms with Crippen LogP contribution in [0.15, 0.2) is 4.99 Å². The fourth-order valence-corrected chi connectivity index (χ4v) is 2.51. The van der Waals surface area contributed by atoms with Crippen molar-refractivity contribution < 1.29 is 48.3 Å². The lowest BCUT2D eigenvalue weighted by atomic mass is 10.0. The van der Waals surface area contributed by atoms with E-state index in [9.17, 15) is 29.4 Å². The van der Waals surface area contributed by atoms with Crippen molar-refractivity contribution in [2.75, 3.05) is 6.54 Å². The molecule has 0 unspecified atom stereocenters. The van der Waals surface area contributed by atoms with Crippen LogP contribution in [0.1, 0.15) is 83.1 Å². The average Bonchev–Trinajstić information content (AvgIpc) is 2.63. The van der Waals surface area contributed by atoms with Crippen molar-refractivity contribution in [3.05, 3.63) is 0 Å². The van der Waals surface area contributed by atoms with E-state index in [2.05, 4.69) is 20.9 Å². The van der Waals surface area contributed by atoms with Crippen LogP contribution in [0.25, 0.3) is 0 Å². The minimum Gasteiger partial charge on any atom is -0.458 e. The Morgan fingerprint density at radius 2 is 1.00 bits per heavy atom. The van der Waals surface area contributed by atoms with Crippen LogP contribution in [-0.2, 0) is 23.7 Å². The number of carbonyl (C=O) groups is 4. The molecule has 5 N–H and O–H groups in total. The molecule has 14 nitrogen and oxygen atoms in total. The highest BCUT2D eigenvalue weighted by molar-refractivity contribution is 6.01. The maximum Gasteiger partial charge on any atom is 0.414 e. The van der Waals surface area contributed by atoms with Crippen molar-refractivity contribution in [2.45, 2.75) is 124 Å². The van der Waals surface area contributed by atoms with Crippen LogP contribution in [0, 0.1) is 0 Å². The molecule has 0 fully saturated rings. The number of nitrogens with zero attached hydrogens (tertiary/aromatic N) is 1. The van der Waals surface area contributed by atoms with Gasteiger partial charge in [-0.3, -0.25) is 10.6 Å². The molecule has 0 spiro atoms. The predicted molar refractivity (Wildman–Crippen MR) is 142 cm³/mol. The second-order valence-corrected chi connectivity index (χ2v) is 12.7. The van der Waals surface area contributed by atoms with Crippen LogP contribution in [0.3, 0.4) is 0 Å². The van der Waals surface area contributed by atoms with E-state index in [0.717, 1.165) is 0 Å². The van der Waals surface area contributed by atoms with E-state index < -0.39 is 77.4 Å². The Morgan fingerprint density at radius 1 is 0.641 bits per heavy atom. The van der Waals surface area contributed by atoms with Gasteiger partial charge in [-0.05, 0) is 83.1 Å². The second kappa shape index (κ2) is 13.8. The highest BCUT2D eigenvalue weighted by atomic mass is 16.6. The van der Waals surface area contributed by atoms with Gasteiger partial charge in [0.05, 0.1) is 6.54 Å². The third kappa shape index (κ3) is 17.9. The molecule has 14 heteroatoms. The SMILES string of the molecule is CC(C)(C)OC(=O)NC(=NC[C@@H](O)[C@H](O)[C@H](NC(=O)OC(C)(C)C)C(=O)OC(C)(C)C)NC(=O)OC(C)(C)C. The van der Waals surface area contributed by atoms with Gasteiger partial charge < -0.3 is 34.5 Å². The summed E-state index contributed by atoms with van der Waals surface area (Å²) in [5.41, 5.74) is -3.63. The first-order valence-electron chi connectivity index (χ1n) is 12.4. The minimum atomic E-state index is -1.93. The van der Waals surface area contributed by atoms with Gasteiger partial charge in [-0.1, -0.05) is 0 Å². The van der Waals surface area contributed by atoms with E-state index >= 15 is 0 Å². The lowest BCUT2D eigenvalue weighted by molar-refractivity contribution is -0.162. The van der Waals surface area contributed by atoms with Gasteiger partial charge in [0.15, 0.2) is 6.04 Å². The Bertz CT molecular complexity index is 860. The smallest absolute Gasteiger partial charge is 0.414 e. The highest BCUT2D eigenvalue weighted by Crippen LogP contribution is 2.14. The van der Waals surface area contributed by atoms with E-state index in [4.69, 9.17) is 18.9 Å². The molecule has 0 radical (unpaired) electrons. The molecule has 0 heterocycles. The quantitative estimate of drug-likeness (QED) is 0.139. The van der Waals surface area contributed by atoms with Crippen LogP contribution in [0.4, 0.5) is 14.4 Å². The zero-order chi connectivity index (χ0) is 31.0. The maximum atomic E-state index is 12.8. The summed E-state index contributed by atoms with van der Waals surface area (Å²) in [5.74, 6) is -1.50. The van der Waals surface area contributed by atoms with Crippen LogP contribution in [-0.4, -0.2) is 87.6 Å². The number of esters is 1. The van der Waals surface area contributed by atoms with Gasteiger partial charge in [0.1, 0.15) is 34.6 Å². The van der Waals surface area contributed by atoms with Crippen molar-refractivity contribution in [2.24, 2.45) is 4.99 Å². The number of alkyl carbamates (subject to hydrolysis) is 3. The normalized spacial score (nSPS) is 14.6. The third-order valence-corrected chi connectivity index (χ3v) is 3.74. The Labute approximate surface area is 230 Å². The lowest BCUT2D eigenvalue weighted by Crippen LogP contribution is -2.56. The number of guanidine groups is 1. The summed E-state index contributed by atoms with van der Waals surface area (Å²) < 4.78 is 20.7. The standard InChI is InChI=1S/C25H46N4O10/c1-22(2,3)36-17(32)15(27-19(33)37-23(4,5)6)16(31)14(30)13-26-18(28-20(34)38-24(7,8)9)29-21(35)39-25(10,11)12/h14-16,30-31H,13H2,1-12H3,(H,27,33)(H2,26,28,29,34,35)/t14-,15+,16+/m1/s1. The number of aliphatic hydroxyl groups is 2. The van der Waals surface area contributed by atoms with Gasteiger partial charge in [-0.15, -0.1) is 0 Å². The lowest BCUT2D eigenvalue weighted by Gasteiger charge is -2.30. The molecule has 3 atom stereocenters. The summed E-state index contributed by atoms with van der Waals surface area (Å²) in [5, 5.41) is 28.0. The molecule has 0 aliphatic rings. The van der Waals surface area contributed by atoms with Crippen LogP contribution >= 0.6 is 0 Å². The minimum absolute atomic E-state index is 0.460. The fraction of sp³-hybridized carbons (Fsp3) is 0.800. The first-order chi connectivity index (χ1) is 17.3. The number of rotatable bonds is 6. The van der Waals surface area contributed by atoms with Crippen molar-refractivity contribution in [1.29, 1.82) is 0 Å². The van der Waals surface area contributed by atoms with Crippen molar-refractivity contribution in [3.63, 3.8) is 0 Å². The molecule has 0 aromatic carbocycles. The third-order valence-electron chi connectivity index (χ3n) is 3.74. The summed E-state index contributed by atoms with van der Waals surface area (Å²) >= 11 is 0. The summed E-state index contributed by atoms with van der Waals surface area (Å²) in [4.78, 5) is 53.5. The molecule has 0 aliphatic heterocycles. The summed E-state index contributed by atoms with van der Waals surface area (Å²) in [6, 6.07) is -1.75. The van der Waals surface area contributed by atoms with E-state index in [1.165, 1.54) is 0 Å². The van der Waals surface area contributed by atoms with E-state index in [1.54, 1.807) is 83.1 Å². The number of carbonyl (C=O) groups excluding carboxylic acids is 4. The average molecular weight is 563 g/mol. The zero-order valence-electron chi connectivity index (χ0n) is 25.0. The molecular weight excluding hydrogens is 516 g/mol. The van der Waals surface area contributed by atoms with Crippen LogP contribution in [0.5, 0.6) is 0 Å². The molecular formula is C25H46N4O10. The van der Waals surface area contributed by atoms with Gasteiger partial charge in [0, 0.05) is 0 Å². The molecule has 0 saturated heterocycles. The van der Waals surface area contributed by atoms with Crippen molar-refractivity contribution in [3.8, 4) is 0 Å². The Balaban J connectivity index is 5.89. The molecule has 0 rings (SSSR count). The molecule has 0 aliphatic carbocycles. The molecule has 0 aromatic heterocycles. The zero-order valence-corrected chi connectivity index (χ0v) is 25.0. The van der Waals surface area contributed by atoms with E-state index in [1.807, 2.05) is 0 Å². The second-order valence-electron chi connectivity index (χ2n) is 12.7. The molecule has 0 saturated carbocycles. The number of nitrogens with one attached hydrogen (secondary N) is 3. The van der Waals surface area contributed by atoms with Gasteiger partial charge in [-0.2, -0.15) is 0 Å². The number of hydrogen-bond acceptors (Lipinski definition) is 11.